The van der Waals surface area contributed by atoms with Gasteiger partial charge < -0.3 is 0 Å². The number of amides is 2. The highest BCUT2D eigenvalue weighted by Gasteiger charge is 2.32. The molecule has 112 valence electrons. The minimum Gasteiger partial charge on any atom is -0.294 e. The van der Waals surface area contributed by atoms with Gasteiger partial charge in [0, 0.05) is 12.6 Å². The van der Waals surface area contributed by atoms with Crippen molar-refractivity contribution in [2.24, 2.45) is 0 Å². The van der Waals surface area contributed by atoms with E-state index in [0.717, 1.165) is 0 Å². The zero-order valence-corrected chi connectivity index (χ0v) is 12.1. The molecule has 1 aliphatic rings. The van der Waals surface area contributed by atoms with Crippen molar-refractivity contribution in [1.29, 1.82) is 0 Å². The summed E-state index contributed by atoms with van der Waals surface area (Å²) in [6, 6.07) is 4.05. The van der Waals surface area contributed by atoms with Gasteiger partial charge in [-0.25, -0.2) is 0 Å². The summed E-state index contributed by atoms with van der Waals surface area (Å²) in [5, 5.41) is 13.2. The number of carbonyl (C=O) groups is 2. The predicted molar refractivity (Wildman–Crippen MR) is 75.7 cm³/mol. The number of imide groups is 1. The Labute approximate surface area is 126 Å². The number of benzene rings is 1. The lowest BCUT2D eigenvalue weighted by Crippen LogP contribution is -2.57. The Morgan fingerprint density at radius 2 is 2.19 bits per heavy atom. The molecule has 8 heteroatoms. The number of rotatable bonds is 4. The van der Waals surface area contributed by atoms with Crippen LogP contribution >= 0.6 is 11.6 Å². The van der Waals surface area contributed by atoms with E-state index < -0.39 is 11.0 Å². The van der Waals surface area contributed by atoms with Gasteiger partial charge in [-0.1, -0.05) is 24.6 Å². The number of piperazine rings is 1. The second kappa shape index (κ2) is 6.19. The van der Waals surface area contributed by atoms with E-state index in [4.69, 9.17) is 11.6 Å². The Morgan fingerprint density at radius 3 is 2.81 bits per heavy atom. The maximum absolute atomic E-state index is 11.8. The van der Waals surface area contributed by atoms with Gasteiger partial charge >= 0.3 is 0 Å². The van der Waals surface area contributed by atoms with Crippen LogP contribution in [0.15, 0.2) is 18.2 Å². The van der Waals surface area contributed by atoms with E-state index in [9.17, 15) is 19.7 Å². The Kier molecular flexibility index (Phi) is 4.54. The topological polar surface area (TPSA) is 92.6 Å². The van der Waals surface area contributed by atoms with Gasteiger partial charge in [-0.2, -0.15) is 0 Å². The molecule has 0 aliphatic carbocycles. The monoisotopic (exact) mass is 311 g/mol. The van der Waals surface area contributed by atoms with Crippen LogP contribution in [0.5, 0.6) is 0 Å². The van der Waals surface area contributed by atoms with E-state index in [1.165, 1.54) is 12.1 Å². The molecular weight excluding hydrogens is 298 g/mol. The molecule has 21 heavy (non-hydrogen) atoms. The lowest BCUT2D eigenvalue weighted by molar-refractivity contribution is -0.384. The number of hydrogen-bond acceptors (Lipinski definition) is 5. The number of halogens is 1. The van der Waals surface area contributed by atoms with Crippen LogP contribution < -0.4 is 5.32 Å². The van der Waals surface area contributed by atoms with E-state index in [2.05, 4.69) is 5.32 Å². The van der Waals surface area contributed by atoms with Crippen molar-refractivity contribution in [2.45, 2.75) is 25.9 Å². The molecule has 0 spiro atoms. The van der Waals surface area contributed by atoms with Crippen LogP contribution in [0, 0.1) is 10.1 Å². The molecule has 1 saturated heterocycles. The maximum atomic E-state index is 11.8. The van der Waals surface area contributed by atoms with Gasteiger partial charge in [-0.05, 0) is 18.1 Å². The molecule has 1 fully saturated rings. The molecule has 2 amide bonds. The highest BCUT2D eigenvalue weighted by Crippen LogP contribution is 2.26. The number of nitrogens with zero attached hydrogens (tertiary/aromatic N) is 2. The molecule has 1 heterocycles. The second-order valence-electron chi connectivity index (χ2n) is 4.78. The first-order chi connectivity index (χ1) is 9.92. The molecule has 0 bridgehead atoms. The molecule has 1 atom stereocenters. The molecule has 1 aliphatic heterocycles. The van der Waals surface area contributed by atoms with Crippen LogP contribution in [-0.2, 0) is 16.1 Å². The summed E-state index contributed by atoms with van der Waals surface area (Å²) in [6.45, 7) is 2.20. The van der Waals surface area contributed by atoms with Gasteiger partial charge in [0.2, 0.25) is 11.8 Å². The smallest absolute Gasteiger partial charge is 0.288 e. The van der Waals surface area contributed by atoms with Crippen molar-refractivity contribution in [1.82, 2.24) is 10.2 Å². The van der Waals surface area contributed by atoms with Gasteiger partial charge in [0.25, 0.3) is 5.69 Å². The van der Waals surface area contributed by atoms with Crippen LogP contribution in [0.1, 0.15) is 18.9 Å². The lowest BCUT2D eigenvalue weighted by Gasteiger charge is -2.33. The molecule has 1 aromatic rings. The maximum Gasteiger partial charge on any atom is 0.288 e. The van der Waals surface area contributed by atoms with Crippen molar-refractivity contribution in [3.05, 3.63) is 38.9 Å². The first-order valence-corrected chi connectivity index (χ1v) is 6.80. The zero-order chi connectivity index (χ0) is 15.6. The fraction of sp³-hybridized carbons (Fsp3) is 0.385. The summed E-state index contributed by atoms with van der Waals surface area (Å²) in [7, 11) is 0. The first kappa shape index (κ1) is 15.4. The Bertz CT molecular complexity index is 605. The van der Waals surface area contributed by atoms with Gasteiger partial charge in [-0.3, -0.25) is 29.9 Å². The highest BCUT2D eigenvalue weighted by atomic mass is 35.5. The molecular formula is C13H14ClN3O4. The van der Waals surface area contributed by atoms with Crippen LogP contribution in [0.25, 0.3) is 0 Å². The molecule has 0 aromatic heterocycles. The average Bonchev–Trinajstić information content (AvgIpc) is 2.40. The van der Waals surface area contributed by atoms with Gasteiger partial charge in [-0.15, -0.1) is 0 Å². The number of hydrogen-bond donors (Lipinski definition) is 1. The summed E-state index contributed by atoms with van der Waals surface area (Å²) in [4.78, 5) is 35.2. The Balaban J connectivity index is 2.23. The Hall–Kier alpha value is -1.99. The van der Waals surface area contributed by atoms with Crippen molar-refractivity contribution in [2.75, 3.05) is 6.54 Å². The zero-order valence-electron chi connectivity index (χ0n) is 11.3. The number of nitrogens with one attached hydrogen (secondary N) is 1. The van der Waals surface area contributed by atoms with Crippen LogP contribution in [0.4, 0.5) is 5.69 Å². The predicted octanol–water partition coefficient (Wildman–Crippen LogP) is 1.49. The van der Waals surface area contributed by atoms with Crippen molar-refractivity contribution in [3.63, 3.8) is 0 Å². The molecule has 1 unspecified atom stereocenters. The van der Waals surface area contributed by atoms with Gasteiger partial charge in [0.15, 0.2) is 0 Å². The van der Waals surface area contributed by atoms with E-state index in [1.54, 1.807) is 11.0 Å². The third-order valence-electron chi connectivity index (χ3n) is 3.33. The third-order valence-corrected chi connectivity index (χ3v) is 3.65. The van der Waals surface area contributed by atoms with Crippen molar-refractivity contribution in [3.8, 4) is 0 Å². The number of nitro groups is 1. The fourth-order valence-corrected chi connectivity index (χ4v) is 2.55. The van der Waals surface area contributed by atoms with Crippen LogP contribution in [-0.4, -0.2) is 34.2 Å². The number of nitro benzene ring substituents is 1. The fourth-order valence-electron chi connectivity index (χ4n) is 2.36. The average molecular weight is 312 g/mol. The number of carbonyl (C=O) groups excluding carboxylic acids is 2. The van der Waals surface area contributed by atoms with E-state index in [1.807, 2.05) is 6.92 Å². The summed E-state index contributed by atoms with van der Waals surface area (Å²) in [5.41, 5.74) is 0.446. The van der Waals surface area contributed by atoms with Crippen molar-refractivity contribution >= 4 is 29.1 Å². The van der Waals surface area contributed by atoms with Gasteiger partial charge in [0.05, 0.1) is 17.5 Å². The quantitative estimate of drug-likeness (QED) is 0.516. The van der Waals surface area contributed by atoms with Crippen LogP contribution in [0.3, 0.4) is 0 Å². The molecule has 2 rings (SSSR count). The Morgan fingerprint density at radius 1 is 1.48 bits per heavy atom. The molecule has 1 N–H and O–H groups in total. The van der Waals surface area contributed by atoms with Crippen LogP contribution in [0.2, 0.25) is 5.02 Å². The van der Waals surface area contributed by atoms with E-state index in [-0.39, 0.29) is 35.6 Å². The third kappa shape index (κ3) is 3.37. The standard InChI is InChI=1S/C13H14ClN3O4/c1-2-10-13(19)15-12(18)7-16(10)6-8-3-4-9(14)11(5-8)17(20)21/h3-5,10H,2,6-7H2,1H3,(H,15,18,19). The first-order valence-electron chi connectivity index (χ1n) is 6.43. The molecule has 0 radical (unpaired) electrons. The molecule has 0 saturated carbocycles. The summed E-state index contributed by atoms with van der Waals surface area (Å²) >= 11 is 5.76. The minimum atomic E-state index is -0.558. The lowest BCUT2D eigenvalue weighted by atomic mass is 10.1. The second-order valence-corrected chi connectivity index (χ2v) is 5.19. The van der Waals surface area contributed by atoms with E-state index >= 15 is 0 Å². The van der Waals surface area contributed by atoms with Gasteiger partial charge in [0.1, 0.15) is 5.02 Å². The molecule has 7 nitrogen and oxygen atoms in total. The normalized spacial score (nSPS) is 19.4. The summed E-state index contributed by atoms with van der Waals surface area (Å²) in [5.74, 6) is -0.703. The summed E-state index contributed by atoms with van der Waals surface area (Å²) < 4.78 is 0. The van der Waals surface area contributed by atoms with E-state index in [0.29, 0.717) is 12.0 Å². The molecule has 1 aromatic carbocycles. The largest absolute Gasteiger partial charge is 0.294 e. The SMILES string of the molecule is CCC1C(=O)NC(=O)CN1Cc1ccc(Cl)c([N+](=O)[O-])c1. The highest BCUT2D eigenvalue weighted by molar-refractivity contribution is 6.32. The minimum absolute atomic E-state index is 0.0586. The van der Waals surface area contributed by atoms with Crippen molar-refractivity contribution < 1.29 is 14.5 Å². The summed E-state index contributed by atoms with van der Waals surface area (Å²) in [6.07, 6.45) is 0.550.